The highest BCUT2D eigenvalue weighted by atomic mass is 32.2. The smallest absolute Gasteiger partial charge is 0.342 e. The number of rotatable bonds is 7. The molecule has 0 spiro atoms. The quantitative estimate of drug-likeness (QED) is 0.572. The maximum atomic E-state index is 12.5. The van der Waals surface area contributed by atoms with E-state index in [2.05, 4.69) is 0 Å². The lowest BCUT2D eigenvalue weighted by Gasteiger charge is -2.14. The molecule has 0 heterocycles. The zero-order chi connectivity index (χ0) is 20.2. The Morgan fingerprint density at radius 1 is 1.11 bits per heavy atom. The molecule has 27 heavy (non-hydrogen) atoms. The van der Waals surface area contributed by atoms with Crippen molar-refractivity contribution in [3.8, 4) is 5.75 Å². The molecule has 0 aliphatic rings. The fourth-order valence-electron chi connectivity index (χ4n) is 2.44. The SMILES string of the molecule is CCc1ccc(C(=O)C(C)OC(=O)c2cc(S(N)(=O)=O)ccc2OC)cc1. The largest absolute Gasteiger partial charge is 0.496 e. The zero-order valence-electron chi connectivity index (χ0n) is 15.3. The minimum absolute atomic E-state index is 0.111. The van der Waals surface area contributed by atoms with Crippen molar-refractivity contribution < 1.29 is 27.5 Å². The van der Waals surface area contributed by atoms with Gasteiger partial charge in [-0.05, 0) is 37.1 Å². The molecular formula is C19H21NO6S. The highest BCUT2D eigenvalue weighted by Crippen LogP contribution is 2.23. The molecule has 2 aromatic carbocycles. The molecule has 0 saturated heterocycles. The Morgan fingerprint density at radius 2 is 1.74 bits per heavy atom. The summed E-state index contributed by atoms with van der Waals surface area (Å²) in [5, 5.41) is 5.09. The second-order valence-corrected chi connectivity index (χ2v) is 7.43. The number of nitrogens with two attached hydrogens (primary N) is 1. The van der Waals surface area contributed by atoms with Crippen LogP contribution in [0.2, 0.25) is 0 Å². The van der Waals surface area contributed by atoms with E-state index in [1.54, 1.807) is 12.1 Å². The number of aryl methyl sites for hydroxylation is 1. The molecule has 0 aliphatic carbocycles. The average Bonchev–Trinajstić information content (AvgIpc) is 2.66. The first-order valence-electron chi connectivity index (χ1n) is 8.22. The first-order chi connectivity index (χ1) is 12.7. The van der Waals surface area contributed by atoms with Crippen LogP contribution in [0.15, 0.2) is 47.4 Å². The molecule has 0 fully saturated rings. The van der Waals surface area contributed by atoms with Gasteiger partial charge in [0.2, 0.25) is 15.8 Å². The fraction of sp³-hybridized carbons (Fsp3) is 0.263. The Bertz CT molecular complexity index is 951. The topological polar surface area (TPSA) is 113 Å². The number of hydrogen-bond acceptors (Lipinski definition) is 6. The van der Waals surface area contributed by atoms with E-state index in [0.717, 1.165) is 18.1 Å². The van der Waals surface area contributed by atoms with Crippen molar-refractivity contribution >= 4 is 21.8 Å². The maximum absolute atomic E-state index is 12.5. The Hall–Kier alpha value is -2.71. The third-order valence-electron chi connectivity index (χ3n) is 4.02. The lowest BCUT2D eigenvalue weighted by Crippen LogP contribution is -2.25. The Morgan fingerprint density at radius 3 is 2.26 bits per heavy atom. The third-order valence-corrected chi connectivity index (χ3v) is 4.93. The Labute approximate surface area is 158 Å². The van der Waals surface area contributed by atoms with Gasteiger partial charge in [0.05, 0.1) is 12.0 Å². The minimum atomic E-state index is -4.01. The molecule has 7 nitrogen and oxygen atoms in total. The summed E-state index contributed by atoms with van der Waals surface area (Å²) in [5.74, 6) is -1.14. The fourth-order valence-corrected chi connectivity index (χ4v) is 2.98. The highest BCUT2D eigenvalue weighted by molar-refractivity contribution is 7.89. The highest BCUT2D eigenvalue weighted by Gasteiger charge is 2.24. The van der Waals surface area contributed by atoms with Crippen molar-refractivity contribution in [1.29, 1.82) is 0 Å². The van der Waals surface area contributed by atoms with E-state index in [1.807, 2.05) is 19.1 Å². The molecule has 2 rings (SSSR count). The van der Waals surface area contributed by atoms with Crippen LogP contribution >= 0.6 is 0 Å². The van der Waals surface area contributed by atoms with Crippen molar-refractivity contribution in [2.45, 2.75) is 31.3 Å². The molecule has 8 heteroatoms. The van der Waals surface area contributed by atoms with E-state index in [0.29, 0.717) is 5.56 Å². The van der Waals surface area contributed by atoms with Gasteiger partial charge in [-0.25, -0.2) is 18.4 Å². The van der Waals surface area contributed by atoms with Crippen molar-refractivity contribution in [2.75, 3.05) is 7.11 Å². The molecule has 0 bridgehead atoms. The molecule has 1 atom stereocenters. The van der Waals surface area contributed by atoms with E-state index >= 15 is 0 Å². The third kappa shape index (κ3) is 4.93. The average molecular weight is 391 g/mol. The van der Waals surface area contributed by atoms with Crippen LogP contribution in [0.1, 0.15) is 40.1 Å². The molecule has 0 saturated carbocycles. The van der Waals surface area contributed by atoms with E-state index in [1.165, 1.54) is 26.2 Å². The predicted molar refractivity (Wildman–Crippen MR) is 99.4 cm³/mol. The number of ketones is 1. The molecule has 144 valence electrons. The summed E-state index contributed by atoms with van der Waals surface area (Å²) in [5.41, 5.74) is 1.36. The molecule has 1 unspecified atom stereocenters. The molecule has 0 radical (unpaired) electrons. The van der Waals surface area contributed by atoms with E-state index < -0.39 is 22.1 Å². The van der Waals surface area contributed by atoms with Gasteiger partial charge in [-0.1, -0.05) is 31.2 Å². The van der Waals surface area contributed by atoms with Crippen LogP contribution in [-0.2, 0) is 21.2 Å². The van der Waals surface area contributed by atoms with Crippen molar-refractivity contribution in [3.63, 3.8) is 0 Å². The van der Waals surface area contributed by atoms with Gasteiger partial charge < -0.3 is 9.47 Å². The van der Waals surface area contributed by atoms with Crippen molar-refractivity contribution in [1.82, 2.24) is 0 Å². The van der Waals surface area contributed by atoms with Gasteiger partial charge in [0, 0.05) is 5.56 Å². The van der Waals surface area contributed by atoms with Crippen molar-refractivity contribution in [3.05, 3.63) is 59.2 Å². The Balaban J connectivity index is 2.23. The van der Waals surface area contributed by atoms with Gasteiger partial charge in [0.1, 0.15) is 11.3 Å². The number of benzene rings is 2. The summed E-state index contributed by atoms with van der Waals surface area (Å²) in [6.45, 7) is 3.45. The standard InChI is InChI=1S/C19H21NO6S/c1-4-13-5-7-14(8-6-13)18(21)12(2)26-19(22)16-11-15(27(20,23)24)9-10-17(16)25-3/h5-12H,4H2,1-3H3,(H2,20,23,24). The number of hydrogen-bond donors (Lipinski definition) is 1. The molecule has 2 aromatic rings. The van der Waals surface area contributed by atoms with Gasteiger partial charge in [0.15, 0.2) is 6.10 Å². The van der Waals surface area contributed by atoms with Gasteiger partial charge in [-0.3, -0.25) is 4.79 Å². The lowest BCUT2D eigenvalue weighted by atomic mass is 10.0. The normalized spacial score (nSPS) is 12.3. The first-order valence-corrected chi connectivity index (χ1v) is 9.77. The van der Waals surface area contributed by atoms with E-state index in [-0.39, 0.29) is 22.0 Å². The monoisotopic (exact) mass is 391 g/mol. The molecule has 0 aliphatic heterocycles. The molecule has 2 N–H and O–H groups in total. The summed E-state index contributed by atoms with van der Waals surface area (Å²) in [6.07, 6.45) is -0.216. The summed E-state index contributed by atoms with van der Waals surface area (Å²) in [6, 6.07) is 10.6. The second-order valence-electron chi connectivity index (χ2n) is 5.87. The van der Waals surface area contributed by atoms with Crippen LogP contribution in [0.5, 0.6) is 5.75 Å². The van der Waals surface area contributed by atoms with Crippen LogP contribution < -0.4 is 9.88 Å². The first kappa shape index (κ1) is 20.6. The summed E-state index contributed by atoms with van der Waals surface area (Å²) >= 11 is 0. The van der Waals surface area contributed by atoms with Crippen LogP contribution in [0, 0.1) is 0 Å². The lowest BCUT2D eigenvalue weighted by molar-refractivity contribution is 0.0315. The Kier molecular flexibility index (Phi) is 6.35. The van der Waals surface area contributed by atoms with E-state index in [4.69, 9.17) is 14.6 Å². The minimum Gasteiger partial charge on any atom is -0.496 e. The van der Waals surface area contributed by atoms with Gasteiger partial charge >= 0.3 is 5.97 Å². The van der Waals surface area contributed by atoms with Gasteiger partial charge in [0.25, 0.3) is 0 Å². The summed E-state index contributed by atoms with van der Waals surface area (Å²) in [7, 11) is -2.68. The second kappa shape index (κ2) is 8.32. The number of carbonyl (C=O) groups excluding carboxylic acids is 2. The number of Topliss-reactive ketones (excluding diaryl/α,β-unsaturated/α-hetero) is 1. The number of carbonyl (C=O) groups is 2. The molecular weight excluding hydrogens is 370 g/mol. The van der Waals surface area contributed by atoms with Crippen LogP contribution in [-0.4, -0.2) is 33.4 Å². The number of esters is 1. The zero-order valence-corrected chi connectivity index (χ0v) is 16.1. The number of methoxy groups -OCH3 is 1. The number of sulfonamides is 1. The molecule has 0 amide bonds. The van der Waals surface area contributed by atoms with Crippen LogP contribution in [0.25, 0.3) is 0 Å². The van der Waals surface area contributed by atoms with Gasteiger partial charge in [-0.15, -0.1) is 0 Å². The van der Waals surface area contributed by atoms with Crippen LogP contribution in [0.3, 0.4) is 0 Å². The van der Waals surface area contributed by atoms with Gasteiger partial charge in [-0.2, -0.15) is 0 Å². The summed E-state index contributed by atoms with van der Waals surface area (Å²) < 4.78 is 33.3. The maximum Gasteiger partial charge on any atom is 0.342 e. The predicted octanol–water partition coefficient (Wildman–Crippen LogP) is 2.33. The summed E-state index contributed by atoms with van der Waals surface area (Å²) in [4.78, 5) is 24.7. The number of ether oxygens (including phenoxy) is 2. The van der Waals surface area contributed by atoms with Crippen LogP contribution in [0.4, 0.5) is 0 Å². The molecule has 0 aromatic heterocycles. The van der Waals surface area contributed by atoms with E-state index in [9.17, 15) is 18.0 Å². The number of primary sulfonamides is 1. The van der Waals surface area contributed by atoms with Crippen molar-refractivity contribution in [2.24, 2.45) is 5.14 Å².